The van der Waals surface area contributed by atoms with E-state index in [2.05, 4.69) is 0 Å². The largest absolute Gasteiger partial charge is 0.496 e. The van der Waals surface area contributed by atoms with Crippen molar-refractivity contribution >= 4 is 33.0 Å². The molecular formula is C9H6ClFOS. The van der Waals surface area contributed by atoms with Crippen LogP contribution in [0.4, 0.5) is 4.39 Å². The fourth-order valence-corrected chi connectivity index (χ4v) is 2.33. The van der Waals surface area contributed by atoms with Crippen LogP contribution in [-0.4, -0.2) is 7.11 Å². The molecule has 0 aliphatic heterocycles. The van der Waals surface area contributed by atoms with Crippen molar-refractivity contribution in [2.75, 3.05) is 7.11 Å². The highest BCUT2D eigenvalue weighted by Gasteiger charge is 2.11. The molecule has 4 heteroatoms. The second-order valence-corrected chi connectivity index (χ2v) is 3.83. The molecule has 0 amide bonds. The maximum atomic E-state index is 13.2. The SMILES string of the molecule is COc1cc(F)c(Cl)c2sccc12. The van der Waals surface area contributed by atoms with Gasteiger partial charge in [0, 0.05) is 11.5 Å². The van der Waals surface area contributed by atoms with Crippen LogP contribution in [0.2, 0.25) is 5.02 Å². The Kier molecular flexibility index (Phi) is 2.14. The van der Waals surface area contributed by atoms with Crippen molar-refractivity contribution in [1.29, 1.82) is 0 Å². The van der Waals surface area contributed by atoms with Crippen molar-refractivity contribution in [3.05, 3.63) is 28.4 Å². The topological polar surface area (TPSA) is 9.23 Å². The second-order valence-electron chi connectivity index (χ2n) is 2.54. The molecule has 1 aromatic carbocycles. The van der Waals surface area contributed by atoms with Crippen molar-refractivity contribution in [3.8, 4) is 5.75 Å². The third-order valence-corrected chi connectivity index (χ3v) is 3.23. The van der Waals surface area contributed by atoms with E-state index in [0.717, 1.165) is 10.1 Å². The first kappa shape index (κ1) is 8.78. The van der Waals surface area contributed by atoms with E-state index in [9.17, 15) is 4.39 Å². The molecule has 0 spiro atoms. The van der Waals surface area contributed by atoms with E-state index in [1.807, 2.05) is 11.4 Å². The summed E-state index contributed by atoms with van der Waals surface area (Å²) in [5, 5.41) is 2.89. The van der Waals surface area contributed by atoms with Gasteiger partial charge in [-0.1, -0.05) is 11.6 Å². The Balaban J connectivity index is 2.87. The summed E-state index contributed by atoms with van der Waals surface area (Å²) in [6.07, 6.45) is 0. The summed E-state index contributed by atoms with van der Waals surface area (Å²) in [5.41, 5.74) is 0. The minimum absolute atomic E-state index is 0.172. The van der Waals surface area contributed by atoms with Gasteiger partial charge in [0.25, 0.3) is 0 Å². The fourth-order valence-electron chi connectivity index (χ4n) is 1.21. The maximum Gasteiger partial charge on any atom is 0.146 e. The van der Waals surface area contributed by atoms with Crippen LogP contribution >= 0.6 is 22.9 Å². The monoisotopic (exact) mass is 216 g/mol. The van der Waals surface area contributed by atoms with Gasteiger partial charge < -0.3 is 4.74 Å². The lowest BCUT2D eigenvalue weighted by atomic mass is 10.2. The standard InChI is InChI=1S/C9H6ClFOS/c1-12-7-4-6(11)8(10)9-5(7)2-3-13-9/h2-4H,1H3. The van der Waals surface area contributed by atoms with Gasteiger partial charge in [-0.05, 0) is 11.4 Å². The molecule has 68 valence electrons. The Morgan fingerprint density at radius 3 is 3.00 bits per heavy atom. The van der Waals surface area contributed by atoms with Crippen LogP contribution in [0.3, 0.4) is 0 Å². The van der Waals surface area contributed by atoms with Gasteiger partial charge in [-0.25, -0.2) is 4.39 Å². The number of rotatable bonds is 1. The van der Waals surface area contributed by atoms with Crippen LogP contribution in [0.25, 0.3) is 10.1 Å². The normalized spacial score (nSPS) is 10.7. The van der Waals surface area contributed by atoms with Crippen molar-refractivity contribution in [3.63, 3.8) is 0 Å². The number of hydrogen-bond acceptors (Lipinski definition) is 2. The number of benzene rings is 1. The van der Waals surface area contributed by atoms with Crippen LogP contribution in [0.1, 0.15) is 0 Å². The van der Waals surface area contributed by atoms with Crippen LogP contribution in [0.5, 0.6) is 5.75 Å². The van der Waals surface area contributed by atoms with Gasteiger partial charge in [0.15, 0.2) is 0 Å². The molecule has 13 heavy (non-hydrogen) atoms. The highest BCUT2D eigenvalue weighted by Crippen LogP contribution is 2.37. The van der Waals surface area contributed by atoms with E-state index in [4.69, 9.17) is 16.3 Å². The Bertz CT molecular complexity index is 452. The van der Waals surface area contributed by atoms with E-state index in [0.29, 0.717) is 5.75 Å². The molecule has 0 unspecified atom stereocenters. The molecule has 0 aliphatic carbocycles. The van der Waals surface area contributed by atoms with E-state index >= 15 is 0 Å². The molecule has 1 heterocycles. The van der Waals surface area contributed by atoms with Crippen LogP contribution in [0, 0.1) is 5.82 Å². The van der Waals surface area contributed by atoms with Gasteiger partial charge in [0.05, 0.1) is 16.8 Å². The number of halogens is 2. The summed E-state index contributed by atoms with van der Waals surface area (Å²) >= 11 is 7.18. The predicted molar refractivity (Wildman–Crippen MR) is 53.3 cm³/mol. The molecule has 0 saturated carbocycles. The number of hydrogen-bond donors (Lipinski definition) is 0. The first-order valence-electron chi connectivity index (χ1n) is 3.63. The molecule has 2 rings (SSSR count). The molecule has 0 aliphatic rings. The third kappa shape index (κ3) is 1.28. The zero-order valence-electron chi connectivity index (χ0n) is 6.80. The van der Waals surface area contributed by atoms with Gasteiger partial charge in [-0.2, -0.15) is 0 Å². The number of thiophene rings is 1. The molecular weight excluding hydrogens is 211 g/mol. The van der Waals surface area contributed by atoms with Gasteiger partial charge in [-0.15, -0.1) is 11.3 Å². The lowest BCUT2D eigenvalue weighted by molar-refractivity contribution is 0.416. The molecule has 0 N–H and O–H groups in total. The van der Waals surface area contributed by atoms with Gasteiger partial charge in [0.1, 0.15) is 11.6 Å². The van der Waals surface area contributed by atoms with Crippen LogP contribution in [-0.2, 0) is 0 Å². The lowest BCUT2D eigenvalue weighted by Gasteiger charge is -2.03. The molecule has 1 nitrogen and oxygen atoms in total. The molecule has 0 bridgehead atoms. The van der Waals surface area contributed by atoms with Crippen LogP contribution in [0.15, 0.2) is 17.5 Å². The van der Waals surface area contributed by atoms with E-state index in [1.165, 1.54) is 24.5 Å². The highest BCUT2D eigenvalue weighted by molar-refractivity contribution is 7.18. The number of methoxy groups -OCH3 is 1. The first-order valence-corrected chi connectivity index (χ1v) is 4.89. The molecule has 1 aromatic heterocycles. The first-order chi connectivity index (χ1) is 6.24. The second kappa shape index (κ2) is 3.16. The lowest BCUT2D eigenvalue weighted by Crippen LogP contribution is -1.85. The minimum atomic E-state index is -0.437. The number of fused-ring (bicyclic) bond motifs is 1. The quantitative estimate of drug-likeness (QED) is 0.706. The van der Waals surface area contributed by atoms with Crippen molar-refractivity contribution in [1.82, 2.24) is 0 Å². The maximum absolute atomic E-state index is 13.2. The molecule has 0 saturated heterocycles. The zero-order valence-corrected chi connectivity index (χ0v) is 8.38. The Morgan fingerprint density at radius 1 is 1.54 bits per heavy atom. The molecule has 0 radical (unpaired) electrons. The molecule has 2 aromatic rings. The summed E-state index contributed by atoms with van der Waals surface area (Å²) in [7, 11) is 1.51. The van der Waals surface area contributed by atoms with Gasteiger partial charge in [0.2, 0.25) is 0 Å². The van der Waals surface area contributed by atoms with Gasteiger partial charge in [-0.3, -0.25) is 0 Å². The van der Waals surface area contributed by atoms with E-state index in [1.54, 1.807) is 0 Å². The van der Waals surface area contributed by atoms with E-state index < -0.39 is 5.82 Å². The smallest absolute Gasteiger partial charge is 0.146 e. The Morgan fingerprint density at radius 2 is 2.31 bits per heavy atom. The fraction of sp³-hybridized carbons (Fsp3) is 0.111. The predicted octanol–water partition coefficient (Wildman–Crippen LogP) is 3.70. The Hall–Kier alpha value is -0.800. The summed E-state index contributed by atoms with van der Waals surface area (Å²) in [4.78, 5) is 0. The summed E-state index contributed by atoms with van der Waals surface area (Å²) in [5.74, 6) is 0.0895. The van der Waals surface area contributed by atoms with Crippen molar-refractivity contribution in [2.45, 2.75) is 0 Å². The molecule has 0 fully saturated rings. The average molecular weight is 217 g/mol. The summed E-state index contributed by atoms with van der Waals surface area (Å²) in [6, 6.07) is 3.17. The zero-order chi connectivity index (χ0) is 9.42. The van der Waals surface area contributed by atoms with Gasteiger partial charge >= 0.3 is 0 Å². The molecule has 0 atom stereocenters. The number of ether oxygens (including phenoxy) is 1. The third-order valence-electron chi connectivity index (χ3n) is 1.82. The minimum Gasteiger partial charge on any atom is -0.496 e. The van der Waals surface area contributed by atoms with E-state index in [-0.39, 0.29) is 5.02 Å². The van der Waals surface area contributed by atoms with Crippen molar-refractivity contribution in [2.24, 2.45) is 0 Å². The summed E-state index contributed by atoms with van der Waals surface area (Å²) < 4.78 is 18.9. The van der Waals surface area contributed by atoms with Crippen LogP contribution < -0.4 is 4.74 Å². The highest BCUT2D eigenvalue weighted by atomic mass is 35.5. The average Bonchev–Trinajstić information content (AvgIpc) is 2.60. The summed E-state index contributed by atoms with van der Waals surface area (Å²) in [6.45, 7) is 0. The Labute approximate surface area is 83.7 Å². The van der Waals surface area contributed by atoms with Crippen molar-refractivity contribution < 1.29 is 9.13 Å².